The zero-order chi connectivity index (χ0) is 22.3. The summed E-state index contributed by atoms with van der Waals surface area (Å²) in [6.45, 7) is 0.851. The van der Waals surface area contributed by atoms with Gasteiger partial charge in [-0.3, -0.25) is 4.68 Å². The van der Waals surface area contributed by atoms with Crippen molar-refractivity contribution in [1.82, 2.24) is 9.78 Å². The van der Waals surface area contributed by atoms with Gasteiger partial charge < -0.3 is 15.2 Å². The lowest BCUT2D eigenvalue weighted by Crippen LogP contribution is -2.45. The van der Waals surface area contributed by atoms with Gasteiger partial charge in [0, 0.05) is 25.5 Å². The monoisotopic (exact) mass is 458 g/mol. The second-order valence-electron chi connectivity index (χ2n) is 8.77. The number of nitrogens with one attached hydrogen (secondary N) is 1. The third-order valence-electron chi connectivity index (χ3n) is 6.57. The Labute approximate surface area is 188 Å². The number of nitrogens with zero attached hydrogens (tertiary/aromatic N) is 4. The van der Waals surface area contributed by atoms with Gasteiger partial charge in [-0.2, -0.15) is 13.5 Å². The third-order valence-corrected chi connectivity index (χ3v) is 7.97. The molecular formula is C22H28N5O4S-. The van der Waals surface area contributed by atoms with E-state index in [1.54, 1.807) is 13.2 Å². The van der Waals surface area contributed by atoms with Crippen molar-refractivity contribution < 1.29 is 18.3 Å². The van der Waals surface area contributed by atoms with Gasteiger partial charge in [0.2, 0.25) is 0 Å². The number of aryl methyl sites for hydroxylation is 3. The minimum Gasteiger partial charge on any atom is -0.845 e. The van der Waals surface area contributed by atoms with Gasteiger partial charge in [-0.1, -0.05) is 6.07 Å². The summed E-state index contributed by atoms with van der Waals surface area (Å²) in [6, 6.07) is 0.978. The summed E-state index contributed by atoms with van der Waals surface area (Å²) in [5.74, 6) is 0. The first-order valence-electron chi connectivity index (χ1n) is 11.2. The second kappa shape index (κ2) is 8.40. The summed E-state index contributed by atoms with van der Waals surface area (Å²) in [5, 5.41) is 19.9. The van der Waals surface area contributed by atoms with Crippen LogP contribution >= 0.6 is 0 Å². The number of amidine groups is 1. The molecule has 0 saturated carbocycles. The van der Waals surface area contributed by atoms with E-state index in [2.05, 4.69) is 20.9 Å². The number of hydrogen-bond acceptors (Lipinski definition) is 5. The van der Waals surface area contributed by atoms with Gasteiger partial charge >= 0.3 is 10.2 Å². The SMILES string of the molecule is Cn1cc(N(C2CCCOC2)S(=O)(=O)/N=C(\[O-])Nc2c3c(cc4c2CCC4)CCC3)cn1. The van der Waals surface area contributed by atoms with Gasteiger partial charge in [0.05, 0.1) is 30.6 Å². The topological polar surface area (TPSA) is 112 Å². The van der Waals surface area contributed by atoms with Crippen LogP contribution in [0.5, 0.6) is 0 Å². The van der Waals surface area contributed by atoms with E-state index in [1.165, 1.54) is 26.3 Å². The summed E-state index contributed by atoms with van der Waals surface area (Å²) < 4.78 is 38.5. The standard InChI is InChI=1S/C22H29N5O4S/c1-26-13-18(12-23-26)27(17-7-4-10-31-14-17)32(29,30)25-22(28)24-21-19-8-2-5-15(19)11-16-6-3-9-20(16)21/h11-13,17H,2-10,14H2,1H3,(H2,24,25,28)/p-1. The molecule has 32 heavy (non-hydrogen) atoms. The van der Waals surface area contributed by atoms with Gasteiger partial charge in [0.1, 0.15) is 0 Å². The molecule has 3 aliphatic rings. The van der Waals surface area contributed by atoms with E-state index < -0.39 is 22.3 Å². The van der Waals surface area contributed by atoms with Crippen molar-refractivity contribution in [2.24, 2.45) is 11.4 Å². The molecule has 1 atom stereocenters. The van der Waals surface area contributed by atoms with Crippen LogP contribution in [0, 0.1) is 0 Å². The predicted molar refractivity (Wildman–Crippen MR) is 120 cm³/mol. The summed E-state index contributed by atoms with van der Waals surface area (Å²) >= 11 is 0. The van der Waals surface area contributed by atoms with Gasteiger partial charge in [0.25, 0.3) is 0 Å². The molecule has 0 bridgehead atoms. The quantitative estimate of drug-likeness (QED) is 0.536. The van der Waals surface area contributed by atoms with E-state index >= 15 is 0 Å². The van der Waals surface area contributed by atoms with Gasteiger partial charge in [0.15, 0.2) is 0 Å². The Morgan fingerprint density at radius 2 is 1.94 bits per heavy atom. The van der Waals surface area contributed by atoms with E-state index in [4.69, 9.17) is 4.74 Å². The van der Waals surface area contributed by atoms with Crippen LogP contribution in [0.15, 0.2) is 22.9 Å². The highest BCUT2D eigenvalue weighted by Crippen LogP contribution is 2.38. The molecule has 10 heteroatoms. The Morgan fingerprint density at radius 3 is 2.53 bits per heavy atom. The molecule has 172 valence electrons. The first kappa shape index (κ1) is 21.3. The molecule has 1 N–H and O–H groups in total. The number of aromatic nitrogens is 2. The molecule has 1 unspecified atom stereocenters. The van der Waals surface area contributed by atoms with Crippen LogP contribution in [-0.2, 0) is 47.7 Å². The van der Waals surface area contributed by atoms with Crippen molar-refractivity contribution in [3.8, 4) is 0 Å². The number of anilines is 2. The highest BCUT2D eigenvalue weighted by molar-refractivity contribution is 7.91. The number of benzene rings is 1. The van der Waals surface area contributed by atoms with E-state index in [0.29, 0.717) is 18.7 Å². The summed E-state index contributed by atoms with van der Waals surface area (Å²) in [4.78, 5) is 0. The van der Waals surface area contributed by atoms with Crippen molar-refractivity contribution in [2.75, 3.05) is 22.8 Å². The van der Waals surface area contributed by atoms with Crippen molar-refractivity contribution in [3.05, 3.63) is 40.7 Å². The van der Waals surface area contributed by atoms with E-state index in [1.807, 2.05) is 0 Å². The first-order valence-corrected chi connectivity index (χ1v) is 12.6. The maximum Gasteiger partial charge on any atom is 0.345 e. The molecule has 2 heterocycles. The molecule has 1 fully saturated rings. The third kappa shape index (κ3) is 3.97. The molecule has 2 aliphatic carbocycles. The molecular weight excluding hydrogens is 430 g/mol. The molecule has 9 nitrogen and oxygen atoms in total. The number of hydrogen-bond donors (Lipinski definition) is 1. The normalized spacial score (nSPS) is 20.8. The van der Waals surface area contributed by atoms with Crippen LogP contribution in [0.4, 0.5) is 11.4 Å². The lowest BCUT2D eigenvalue weighted by molar-refractivity contribution is -0.213. The largest absolute Gasteiger partial charge is 0.845 e. The fourth-order valence-electron chi connectivity index (χ4n) is 5.21. The van der Waals surface area contributed by atoms with Crippen LogP contribution in [-0.4, -0.2) is 43.5 Å². The van der Waals surface area contributed by atoms with Gasteiger partial charge in [-0.25, -0.2) is 4.31 Å². The van der Waals surface area contributed by atoms with Crippen LogP contribution in [0.3, 0.4) is 0 Å². The second-order valence-corrected chi connectivity index (χ2v) is 10.2. The van der Waals surface area contributed by atoms with Crippen LogP contribution < -0.4 is 14.7 Å². The molecule has 0 amide bonds. The molecule has 2 aromatic rings. The molecule has 5 rings (SSSR count). The first-order chi connectivity index (χ1) is 15.4. The molecule has 0 spiro atoms. The van der Waals surface area contributed by atoms with Crippen molar-refractivity contribution in [3.63, 3.8) is 0 Å². The van der Waals surface area contributed by atoms with Gasteiger partial charge in [-0.05, 0) is 73.6 Å². The summed E-state index contributed by atoms with van der Waals surface area (Å²) in [5.41, 5.74) is 5.96. The highest BCUT2D eigenvalue weighted by Gasteiger charge is 2.33. The van der Waals surface area contributed by atoms with Gasteiger partial charge in [-0.15, -0.1) is 4.40 Å². The minimum absolute atomic E-state index is 0.255. The van der Waals surface area contributed by atoms with E-state index in [9.17, 15) is 13.5 Å². The Balaban J connectivity index is 1.48. The van der Waals surface area contributed by atoms with E-state index in [-0.39, 0.29) is 6.61 Å². The van der Waals surface area contributed by atoms with Crippen LogP contribution in [0.1, 0.15) is 47.9 Å². The number of fused-ring (bicyclic) bond motifs is 2. The van der Waals surface area contributed by atoms with Crippen LogP contribution in [0.2, 0.25) is 0 Å². The Kier molecular flexibility index (Phi) is 5.58. The fourth-order valence-corrected chi connectivity index (χ4v) is 6.46. The highest BCUT2D eigenvalue weighted by atomic mass is 32.2. The average Bonchev–Trinajstić information content (AvgIpc) is 3.49. The predicted octanol–water partition coefficient (Wildman–Crippen LogP) is 1.46. The lowest BCUT2D eigenvalue weighted by atomic mass is 9.99. The number of ether oxygens (including phenoxy) is 1. The van der Waals surface area contributed by atoms with Crippen molar-refractivity contribution in [2.45, 2.75) is 57.4 Å². The minimum atomic E-state index is -4.30. The van der Waals surface area contributed by atoms with Crippen LogP contribution in [0.25, 0.3) is 0 Å². The zero-order valence-corrected chi connectivity index (χ0v) is 19.0. The Morgan fingerprint density at radius 1 is 1.22 bits per heavy atom. The summed E-state index contributed by atoms with van der Waals surface area (Å²) in [6.07, 6.45) is 10.3. The molecule has 1 aliphatic heterocycles. The molecule has 0 radical (unpaired) electrons. The van der Waals surface area contributed by atoms with Crippen molar-refractivity contribution >= 4 is 27.6 Å². The lowest BCUT2D eigenvalue weighted by Gasteiger charge is -2.33. The molecule has 1 aromatic heterocycles. The maximum atomic E-state index is 13.3. The zero-order valence-electron chi connectivity index (χ0n) is 18.2. The Bertz CT molecular complexity index is 1120. The van der Waals surface area contributed by atoms with Crippen molar-refractivity contribution in [1.29, 1.82) is 0 Å². The fraction of sp³-hybridized carbons (Fsp3) is 0.545. The number of rotatable bonds is 5. The Hall–Kier alpha value is -2.59. The summed E-state index contributed by atoms with van der Waals surface area (Å²) in [7, 11) is -2.58. The average molecular weight is 459 g/mol. The smallest absolute Gasteiger partial charge is 0.345 e. The molecule has 1 saturated heterocycles. The molecule has 1 aromatic carbocycles. The maximum absolute atomic E-state index is 13.3. The van der Waals surface area contributed by atoms with E-state index in [0.717, 1.165) is 61.8 Å².